The number of aliphatic imine (C=N–C) groups is 1. The molecule has 0 saturated carbocycles. The number of carbonyl (C=O) groups is 11. The fraction of sp³-hybridized carbons (Fsp3) is 0.365. The molecular weight excluding hydrogens is 1100 g/mol. The standard InChI is InChI=1S/C52H64N16O12S2/c53-44(73)39(24-81)67-48(77)37(18-30-20-58-33-9-4-3-8-32(30)33)65-45(74)34(10-5-15-57-51(54)55)62-47(76)36(17-27-11-12-28-6-1-2-7-29(28)16-27)64-49(78)38(19-31-21-56-26-60-31)66-46(75)35(13-14-43(71)72)63-50(79)40(25-82)61-41(69)23-68-42(70)22-59-52(68)80/h1-4,6-9,11-12,16,20-21,26,34-40,58,81-82H,5,10,13-15,17-19,22-25H2,(H2,53,73)(H,56,60)(H,59,80)(H,61,69)(H,62,76)(H,63,79)(H,64,78)(H,65,74)(H,66,75)(H,67,77)(H,71,72)(H4,54,55,57)/t34-,35-,36+,37-,38-,39-,40-/m1/s1. The molecule has 1 aliphatic rings. The molecule has 1 saturated heterocycles. The Hall–Kier alpha value is -9.19. The monoisotopic (exact) mass is 1170 g/mol. The van der Waals surface area contributed by atoms with Gasteiger partial charge in [0, 0.05) is 72.7 Å². The average Bonchev–Trinajstić information content (AvgIpc) is 4.39. The zero-order chi connectivity index (χ0) is 59.5. The molecule has 6 rings (SSSR count). The fourth-order valence-corrected chi connectivity index (χ4v) is 9.24. The number of aliphatic carboxylic acids is 1. The Balaban J connectivity index is 1.29. The number of imidazole rings is 1. The predicted molar refractivity (Wildman–Crippen MR) is 304 cm³/mol. The number of amides is 11. The maximum Gasteiger partial charge on any atom is 0.325 e. The number of thiol groups is 2. The van der Waals surface area contributed by atoms with E-state index in [1.807, 2.05) is 42.5 Å². The van der Waals surface area contributed by atoms with Crippen molar-refractivity contribution in [1.29, 1.82) is 0 Å². The number of benzene rings is 3. The second-order valence-corrected chi connectivity index (χ2v) is 19.7. The first-order valence-electron chi connectivity index (χ1n) is 25.7. The number of hydrogen-bond donors (Lipinski definition) is 16. The van der Waals surface area contributed by atoms with Crippen molar-refractivity contribution >= 4 is 118 Å². The summed E-state index contributed by atoms with van der Waals surface area (Å²) in [4.78, 5) is 162. The third-order valence-electron chi connectivity index (χ3n) is 13.0. The van der Waals surface area contributed by atoms with Crippen LogP contribution in [0.2, 0.25) is 0 Å². The molecule has 28 nitrogen and oxygen atoms in total. The highest BCUT2D eigenvalue weighted by Gasteiger charge is 2.36. The molecule has 0 unspecified atom stereocenters. The van der Waals surface area contributed by atoms with Crippen molar-refractivity contribution in [2.24, 2.45) is 22.2 Å². The van der Waals surface area contributed by atoms with Crippen molar-refractivity contribution in [3.63, 3.8) is 0 Å². The molecule has 0 spiro atoms. The van der Waals surface area contributed by atoms with E-state index in [4.69, 9.17) is 17.2 Å². The van der Waals surface area contributed by atoms with Gasteiger partial charge in [-0.2, -0.15) is 25.3 Å². The molecule has 7 atom stereocenters. The van der Waals surface area contributed by atoms with Gasteiger partial charge in [0.15, 0.2) is 5.96 Å². The lowest BCUT2D eigenvalue weighted by atomic mass is 9.99. The molecular formula is C52H64N16O12S2. The van der Waals surface area contributed by atoms with E-state index in [-0.39, 0.29) is 62.7 Å². The number of carboxylic acids is 1. The minimum absolute atomic E-state index is 0.00847. The maximum absolute atomic E-state index is 14.9. The number of para-hydroxylation sites is 1. The average molecular weight is 1170 g/mol. The Morgan fingerprint density at radius 2 is 1.23 bits per heavy atom. The number of aromatic nitrogens is 3. The van der Waals surface area contributed by atoms with Gasteiger partial charge in [-0.3, -0.25) is 57.8 Å². The number of fused-ring (bicyclic) bond motifs is 2. The van der Waals surface area contributed by atoms with Crippen LogP contribution in [0.25, 0.3) is 21.7 Å². The van der Waals surface area contributed by atoms with E-state index in [0.29, 0.717) is 21.7 Å². The van der Waals surface area contributed by atoms with E-state index in [0.717, 1.165) is 21.7 Å². The number of H-pyrrole nitrogens is 2. The van der Waals surface area contributed by atoms with Crippen LogP contribution in [0.3, 0.4) is 0 Å². The number of rotatable bonds is 31. The van der Waals surface area contributed by atoms with Gasteiger partial charge in [-0.25, -0.2) is 9.78 Å². The summed E-state index contributed by atoms with van der Waals surface area (Å²) in [6.07, 6.45) is 2.52. The van der Waals surface area contributed by atoms with Crippen LogP contribution in [0.1, 0.15) is 42.5 Å². The molecule has 5 aromatic rings. The molecule has 1 aliphatic heterocycles. The Labute approximate surface area is 479 Å². The summed E-state index contributed by atoms with van der Waals surface area (Å²) in [5.74, 6) is -10.2. The molecule has 0 aliphatic carbocycles. The summed E-state index contributed by atoms with van der Waals surface area (Å²) in [6.45, 7) is -1.07. The lowest BCUT2D eigenvalue weighted by molar-refractivity contribution is -0.138. The lowest BCUT2D eigenvalue weighted by Crippen LogP contribution is -2.61. The number of aromatic amines is 2. The molecule has 1 fully saturated rings. The van der Waals surface area contributed by atoms with Crippen molar-refractivity contribution in [3.05, 3.63) is 102 Å². The van der Waals surface area contributed by atoms with Crippen molar-refractivity contribution in [3.8, 4) is 0 Å². The smallest absolute Gasteiger partial charge is 0.325 e. The number of primary amides is 1. The van der Waals surface area contributed by atoms with E-state index in [9.17, 15) is 57.8 Å². The van der Waals surface area contributed by atoms with Gasteiger partial charge in [-0.15, -0.1) is 0 Å². The molecule has 11 amide bonds. The largest absolute Gasteiger partial charge is 0.481 e. The van der Waals surface area contributed by atoms with Gasteiger partial charge in [0.25, 0.3) is 5.91 Å². The minimum atomic E-state index is -1.66. The first-order chi connectivity index (χ1) is 39.2. The van der Waals surface area contributed by atoms with Crippen LogP contribution in [0.15, 0.2) is 90.4 Å². The summed E-state index contributed by atoms with van der Waals surface area (Å²) in [5.41, 5.74) is 18.9. The lowest BCUT2D eigenvalue weighted by Gasteiger charge is -2.28. The molecule has 3 aromatic carbocycles. The van der Waals surface area contributed by atoms with Crippen LogP contribution in [0, 0.1) is 0 Å². The summed E-state index contributed by atoms with van der Waals surface area (Å²) in [6, 6.07) is 8.82. The van der Waals surface area contributed by atoms with Gasteiger partial charge < -0.3 is 74.8 Å². The Morgan fingerprint density at radius 1 is 0.659 bits per heavy atom. The van der Waals surface area contributed by atoms with Gasteiger partial charge in [-0.1, -0.05) is 60.7 Å². The van der Waals surface area contributed by atoms with E-state index in [1.165, 1.54) is 12.5 Å². The number of nitrogens with two attached hydrogens (primary N) is 3. The SMILES string of the molecule is NC(=O)[C@@H](CS)NC(=O)[C@@H](Cc1c[nH]c2ccccc12)NC(=O)[C@@H](CCCN=C(N)N)NC(=O)[C@H](Cc1ccc2ccccc2c1)NC(=O)[C@@H](Cc1cnc[nH]1)NC(=O)[C@@H](CCC(=O)O)NC(=O)[C@@H](CS)NC(=O)CN1C(=O)CNC1=O. The van der Waals surface area contributed by atoms with Gasteiger partial charge in [0.05, 0.1) is 12.9 Å². The highest BCUT2D eigenvalue weighted by atomic mass is 32.1. The first-order valence-corrected chi connectivity index (χ1v) is 27.0. The second-order valence-electron chi connectivity index (χ2n) is 19.0. The van der Waals surface area contributed by atoms with Gasteiger partial charge in [0.1, 0.15) is 48.8 Å². The van der Waals surface area contributed by atoms with Crippen LogP contribution < -0.4 is 59.7 Å². The van der Waals surface area contributed by atoms with E-state index < -0.39 is 127 Å². The third kappa shape index (κ3) is 17.9. The summed E-state index contributed by atoms with van der Waals surface area (Å²) in [5, 5.41) is 32.3. The van der Waals surface area contributed by atoms with Crippen LogP contribution in [0.5, 0.6) is 0 Å². The second kappa shape index (κ2) is 29.9. The number of urea groups is 1. The Bertz CT molecular complexity index is 3170. The highest BCUT2D eigenvalue weighted by molar-refractivity contribution is 7.80. The molecule has 436 valence electrons. The molecule has 0 bridgehead atoms. The minimum Gasteiger partial charge on any atom is -0.481 e. The molecule has 0 radical (unpaired) electrons. The van der Waals surface area contributed by atoms with E-state index >= 15 is 0 Å². The molecule has 2 aromatic heterocycles. The van der Waals surface area contributed by atoms with Crippen LogP contribution in [-0.2, 0) is 67.2 Å². The highest BCUT2D eigenvalue weighted by Crippen LogP contribution is 2.21. The van der Waals surface area contributed by atoms with Crippen molar-refractivity contribution in [1.82, 2.24) is 62.4 Å². The molecule has 30 heteroatoms. The first kappa shape index (κ1) is 62.0. The quantitative estimate of drug-likeness (QED) is 0.00705. The van der Waals surface area contributed by atoms with Crippen LogP contribution in [-0.4, -0.2) is 170 Å². The summed E-state index contributed by atoms with van der Waals surface area (Å²) >= 11 is 8.29. The van der Waals surface area contributed by atoms with E-state index in [2.05, 4.69) is 87.7 Å². The topological polar surface area (TPSA) is 442 Å². The zero-order valence-corrected chi connectivity index (χ0v) is 45.8. The maximum atomic E-state index is 14.9. The Morgan fingerprint density at radius 3 is 1.83 bits per heavy atom. The number of hydrogen-bond acceptors (Lipinski definition) is 15. The Kier molecular flexibility index (Phi) is 22.6. The third-order valence-corrected chi connectivity index (χ3v) is 13.7. The van der Waals surface area contributed by atoms with Crippen LogP contribution >= 0.6 is 25.3 Å². The van der Waals surface area contributed by atoms with Crippen molar-refractivity contribution < 1.29 is 57.8 Å². The van der Waals surface area contributed by atoms with Crippen LogP contribution in [0.4, 0.5) is 4.79 Å². The predicted octanol–water partition coefficient (Wildman–Crippen LogP) is -2.72. The molecule has 3 heterocycles. The molecule has 82 heavy (non-hydrogen) atoms. The number of carboxylic acid groups (broad SMARTS) is 1. The normalized spacial score (nSPS) is 14.6. The van der Waals surface area contributed by atoms with Gasteiger partial charge >= 0.3 is 12.0 Å². The fourth-order valence-electron chi connectivity index (χ4n) is 8.71. The summed E-state index contributed by atoms with van der Waals surface area (Å²) in [7, 11) is 0. The van der Waals surface area contributed by atoms with Crippen molar-refractivity contribution in [2.75, 3.05) is 31.1 Å². The number of nitrogens with zero attached hydrogens (tertiary/aromatic N) is 3. The van der Waals surface area contributed by atoms with Crippen molar-refractivity contribution in [2.45, 2.75) is 87.2 Å². The number of imide groups is 1. The summed E-state index contributed by atoms with van der Waals surface area (Å²) < 4.78 is 0. The zero-order valence-electron chi connectivity index (χ0n) is 44.0. The number of guanidine groups is 1. The van der Waals surface area contributed by atoms with E-state index in [1.54, 1.807) is 30.5 Å². The number of nitrogens with one attached hydrogen (secondary N) is 10. The number of carbonyl (C=O) groups excluding carboxylic acids is 10. The van der Waals surface area contributed by atoms with Gasteiger partial charge in [0.2, 0.25) is 47.3 Å². The molecule has 17 N–H and O–H groups in total. The van der Waals surface area contributed by atoms with Gasteiger partial charge in [-0.05, 0) is 47.2 Å².